The van der Waals surface area contributed by atoms with Crippen LogP contribution in [0.5, 0.6) is 0 Å². The maximum atomic E-state index is 11.7. The second-order valence-electron chi connectivity index (χ2n) is 4.68. The van der Waals surface area contributed by atoms with Gasteiger partial charge >= 0.3 is 12.0 Å². The fourth-order valence-corrected chi connectivity index (χ4v) is 2.02. The van der Waals surface area contributed by atoms with Crippen LogP contribution in [0.25, 0.3) is 0 Å². The zero-order valence-electron chi connectivity index (χ0n) is 10.9. The molecule has 18 heavy (non-hydrogen) atoms. The van der Waals surface area contributed by atoms with Crippen molar-refractivity contribution in [1.82, 2.24) is 16.0 Å². The normalized spacial score (nSPS) is 18.1. The Kier molecular flexibility index (Phi) is 6.49. The first kappa shape index (κ1) is 14.8. The standard InChI is InChI=1S/C12H23N3O3/c1-2-3-4-10(11(16)17)15-12(18)14-9-5-7-13-8-6-9/h9-10,13H,2-8H2,1H3,(H,16,17)(H2,14,15,18)/t10-/m0/s1. The summed E-state index contributed by atoms with van der Waals surface area (Å²) in [6.07, 6.45) is 3.97. The number of rotatable bonds is 6. The van der Waals surface area contributed by atoms with Crippen molar-refractivity contribution < 1.29 is 14.7 Å². The van der Waals surface area contributed by atoms with E-state index in [2.05, 4.69) is 16.0 Å². The van der Waals surface area contributed by atoms with Gasteiger partial charge in [-0.05, 0) is 32.4 Å². The molecule has 4 N–H and O–H groups in total. The lowest BCUT2D eigenvalue weighted by Gasteiger charge is -2.24. The molecule has 2 amide bonds. The summed E-state index contributed by atoms with van der Waals surface area (Å²) < 4.78 is 0. The second kappa shape index (κ2) is 7.92. The predicted molar refractivity (Wildman–Crippen MR) is 68.5 cm³/mol. The quantitative estimate of drug-likeness (QED) is 0.563. The molecule has 104 valence electrons. The molecule has 1 saturated heterocycles. The van der Waals surface area contributed by atoms with Gasteiger partial charge in [0, 0.05) is 6.04 Å². The van der Waals surface area contributed by atoms with Crippen molar-refractivity contribution >= 4 is 12.0 Å². The Hall–Kier alpha value is -1.30. The van der Waals surface area contributed by atoms with Crippen molar-refractivity contribution in [2.24, 2.45) is 0 Å². The number of hydrogen-bond acceptors (Lipinski definition) is 3. The molecular formula is C12H23N3O3. The van der Waals surface area contributed by atoms with Crippen LogP contribution < -0.4 is 16.0 Å². The third-order valence-electron chi connectivity index (χ3n) is 3.12. The molecule has 0 radical (unpaired) electrons. The molecule has 0 aromatic heterocycles. The maximum absolute atomic E-state index is 11.7. The van der Waals surface area contributed by atoms with Gasteiger partial charge in [-0.15, -0.1) is 0 Å². The summed E-state index contributed by atoms with van der Waals surface area (Å²) in [6, 6.07) is -1.01. The summed E-state index contributed by atoms with van der Waals surface area (Å²) in [5.74, 6) is -0.969. The smallest absolute Gasteiger partial charge is 0.326 e. The van der Waals surface area contributed by atoms with Gasteiger partial charge in [0.1, 0.15) is 6.04 Å². The second-order valence-corrected chi connectivity index (χ2v) is 4.68. The number of carboxylic acids is 1. The number of aliphatic carboxylic acids is 1. The summed E-state index contributed by atoms with van der Waals surface area (Å²) in [5, 5.41) is 17.6. The summed E-state index contributed by atoms with van der Waals surface area (Å²) in [5.41, 5.74) is 0. The highest BCUT2D eigenvalue weighted by molar-refractivity contribution is 5.82. The minimum atomic E-state index is -0.969. The Labute approximate surface area is 108 Å². The largest absolute Gasteiger partial charge is 0.480 e. The minimum Gasteiger partial charge on any atom is -0.480 e. The van der Waals surface area contributed by atoms with Gasteiger partial charge in [-0.2, -0.15) is 0 Å². The Bertz CT molecular complexity index is 278. The van der Waals surface area contributed by atoms with E-state index in [9.17, 15) is 9.59 Å². The first-order chi connectivity index (χ1) is 8.63. The van der Waals surface area contributed by atoms with E-state index in [0.717, 1.165) is 38.8 Å². The highest BCUT2D eigenvalue weighted by atomic mass is 16.4. The zero-order chi connectivity index (χ0) is 13.4. The van der Waals surface area contributed by atoms with Crippen molar-refractivity contribution in [3.63, 3.8) is 0 Å². The van der Waals surface area contributed by atoms with E-state index in [0.29, 0.717) is 6.42 Å². The molecule has 1 fully saturated rings. The van der Waals surface area contributed by atoms with Crippen molar-refractivity contribution in [1.29, 1.82) is 0 Å². The summed E-state index contributed by atoms with van der Waals surface area (Å²) >= 11 is 0. The molecule has 6 nitrogen and oxygen atoms in total. The number of nitrogens with one attached hydrogen (secondary N) is 3. The number of unbranched alkanes of at least 4 members (excludes halogenated alkanes) is 1. The van der Waals surface area contributed by atoms with Crippen LogP contribution in [0, 0.1) is 0 Å². The number of amides is 2. The SMILES string of the molecule is CCCC[C@H](NC(=O)NC1CCNCC1)C(=O)O. The number of carboxylic acid groups (broad SMARTS) is 1. The molecule has 0 spiro atoms. The summed E-state index contributed by atoms with van der Waals surface area (Å²) in [4.78, 5) is 22.7. The Morgan fingerprint density at radius 1 is 1.39 bits per heavy atom. The molecule has 0 unspecified atom stereocenters. The predicted octanol–water partition coefficient (Wildman–Crippen LogP) is 0.681. The average molecular weight is 257 g/mol. The van der Waals surface area contributed by atoms with Crippen LogP contribution in [0.4, 0.5) is 4.79 Å². The van der Waals surface area contributed by atoms with Gasteiger partial charge in [-0.1, -0.05) is 19.8 Å². The number of carbonyl (C=O) groups is 2. The molecular weight excluding hydrogens is 234 g/mol. The van der Waals surface area contributed by atoms with Crippen LogP contribution in [0.1, 0.15) is 39.0 Å². The lowest BCUT2D eigenvalue weighted by atomic mass is 10.1. The van der Waals surface area contributed by atoms with Crippen LogP contribution in [-0.4, -0.2) is 42.3 Å². The molecule has 0 aromatic carbocycles. The number of urea groups is 1. The zero-order valence-corrected chi connectivity index (χ0v) is 10.9. The lowest BCUT2D eigenvalue weighted by molar-refractivity contribution is -0.139. The molecule has 0 aliphatic carbocycles. The fourth-order valence-electron chi connectivity index (χ4n) is 2.02. The average Bonchev–Trinajstić information content (AvgIpc) is 2.35. The number of carbonyl (C=O) groups excluding carboxylic acids is 1. The van der Waals surface area contributed by atoms with Crippen LogP contribution in [-0.2, 0) is 4.79 Å². The number of piperidine rings is 1. The molecule has 1 aliphatic heterocycles. The molecule has 1 rings (SSSR count). The third-order valence-corrected chi connectivity index (χ3v) is 3.12. The van der Waals surface area contributed by atoms with Crippen molar-refractivity contribution in [2.75, 3.05) is 13.1 Å². The Morgan fingerprint density at radius 2 is 2.06 bits per heavy atom. The summed E-state index contributed by atoms with van der Waals surface area (Å²) in [7, 11) is 0. The van der Waals surface area contributed by atoms with Gasteiger partial charge in [0.2, 0.25) is 0 Å². The first-order valence-corrected chi connectivity index (χ1v) is 6.64. The third kappa shape index (κ3) is 5.35. The topological polar surface area (TPSA) is 90.5 Å². The molecule has 1 aliphatic rings. The highest BCUT2D eigenvalue weighted by Gasteiger charge is 2.21. The van der Waals surface area contributed by atoms with Gasteiger partial charge in [-0.3, -0.25) is 0 Å². The maximum Gasteiger partial charge on any atom is 0.326 e. The van der Waals surface area contributed by atoms with E-state index in [4.69, 9.17) is 5.11 Å². The molecule has 0 aromatic rings. The fraction of sp³-hybridized carbons (Fsp3) is 0.833. The summed E-state index contributed by atoms with van der Waals surface area (Å²) in [6.45, 7) is 3.78. The minimum absolute atomic E-state index is 0.145. The Balaban J connectivity index is 2.32. The molecule has 1 heterocycles. The van der Waals surface area contributed by atoms with E-state index in [-0.39, 0.29) is 12.1 Å². The van der Waals surface area contributed by atoms with Gasteiger partial charge in [-0.25, -0.2) is 9.59 Å². The monoisotopic (exact) mass is 257 g/mol. The van der Waals surface area contributed by atoms with E-state index in [1.807, 2.05) is 6.92 Å². The van der Waals surface area contributed by atoms with Crippen LogP contribution in [0.2, 0.25) is 0 Å². The van der Waals surface area contributed by atoms with Crippen LogP contribution in [0.15, 0.2) is 0 Å². The van der Waals surface area contributed by atoms with Crippen molar-refractivity contribution in [3.8, 4) is 0 Å². The van der Waals surface area contributed by atoms with Crippen LogP contribution in [0.3, 0.4) is 0 Å². The van der Waals surface area contributed by atoms with Crippen molar-refractivity contribution in [2.45, 2.75) is 51.1 Å². The van der Waals surface area contributed by atoms with Gasteiger partial charge in [0.15, 0.2) is 0 Å². The Morgan fingerprint density at radius 3 is 2.61 bits per heavy atom. The van der Waals surface area contributed by atoms with E-state index in [1.54, 1.807) is 0 Å². The van der Waals surface area contributed by atoms with E-state index >= 15 is 0 Å². The van der Waals surface area contributed by atoms with Gasteiger partial charge in [0.25, 0.3) is 0 Å². The lowest BCUT2D eigenvalue weighted by Crippen LogP contribution is -2.51. The molecule has 0 bridgehead atoms. The highest BCUT2D eigenvalue weighted by Crippen LogP contribution is 2.03. The molecule has 0 saturated carbocycles. The molecule has 6 heteroatoms. The van der Waals surface area contributed by atoms with Crippen molar-refractivity contribution in [3.05, 3.63) is 0 Å². The first-order valence-electron chi connectivity index (χ1n) is 6.64. The van der Waals surface area contributed by atoms with E-state index in [1.165, 1.54) is 0 Å². The van der Waals surface area contributed by atoms with Crippen LogP contribution >= 0.6 is 0 Å². The molecule has 1 atom stereocenters. The van der Waals surface area contributed by atoms with Gasteiger partial charge in [0.05, 0.1) is 0 Å². The number of hydrogen-bond donors (Lipinski definition) is 4. The van der Waals surface area contributed by atoms with Gasteiger partial charge < -0.3 is 21.1 Å². The van der Waals surface area contributed by atoms with E-state index < -0.39 is 12.0 Å².